The average Bonchev–Trinajstić information content (AvgIpc) is 2.94. The smallest absolute Gasteiger partial charge is 0.323 e. The van der Waals surface area contributed by atoms with Crippen LogP contribution in [-0.4, -0.2) is 42.7 Å². The molecule has 0 saturated heterocycles. The molecule has 2 heterocycles. The number of fused-ring (bicyclic) bond motifs is 1. The van der Waals surface area contributed by atoms with Gasteiger partial charge in [-0.2, -0.15) is 0 Å². The summed E-state index contributed by atoms with van der Waals surface area (Å²) in [5.74, 6) is 0. The van der Waals surface area contributed by atoms with Gasteiger partial charge in [-0.15, -0.1) is 13.2 Å². The van der Waals surface area contributed by atoms with Crippen molar-refractivity contribution in [3.05, 3.63) is 52.5 Å². The van der Waals surface area contributed by atoms with Crippen LogP contribution in [-0.2, 0) is 20.6 Å². The SMILES string of the molecule is C=CCN(CC=C)C(C)Cn1cnc2c1c(=O)n(C)c(=O)n2C. The van der Waals surface area contributed by atoms with Crippen LogP contribution in [0.3, 0.4) is 0 Å². The van der Waals surface area contributed by atoms with Crippen molar-refractivity contribution < 1.29 is 0 Å². The lowest BCUT2D eigenvalue weighted by Crippen LogP contribution is -2.39. The molecule has 0 aliphatic carbocycles. The van der Waals surface area contributed by atoms with Gasteiger partial charge in [-0.3, -0.25) is 18.8 Å². The molecule has 0 aliphatic heterocycles. The Hall–Kier alpha value is -2.41. The molecule has 2 aromatic heterocycles. The minimum absolute atomic E-state index is 0.158. The lowest BCUT2D eigenvalue weighted by molar-refractivity contribution is 0.235. The predicted molar refractivity (Wildman–Crippen MR) is 91.6 cm³/mol. The highest BCUT2D eigenvalue weighted by atomic mass is 16.2. The van der Waals surface area contributed by atoms with Crippen LogP contribution >= 0.6 is 0 Å². The van der Waals surface area contributed by atoms with Gasteiger partial charge in [0.15, 0.2) is 11.2 Å². The Morgan fingerprint density at radius 1 is 1.22 bits per heavy atom. The first-order chi connectivity index (χ1) is 10.9. The summed E-state index contributed by atoms with van der Waals surface area (Å²) in [5.41, 5.74) is 0.149. The number of rotatable bonds is 7. The Bertz CT molecular complexity index is 832. The molecular formula is C16H23N5O2. The standard InChI is InChI=1S/C16H23N5O2/c1-6-8-20(9-7-2)12(3)10-21-11-17-14-13(21)15(22)19(5)16(23)18(14)4/h6-7,11-12H,1-2,8-10H2,3-5H3. The van der Waals surface area contributed by atoms with Crippen LogP contribution in [0.25, 0.3) is 11.2 Å². The molecule has 0 amide bonds. The van der Waals surface area contributed by atoms with Gasteiger partial charge in [0.05, 0.1) is 6.33 Å². The quantitative estimate of drug-likeness (QED) is 0.698. The minimum Gasteiger partial charge on any atom is -0.323 e. The summed E-state index contributed by atoms with van der Waals surface area (Å²) in [7, 11) is 3.10. The third-order valence-electron chi connectivity index (χ3n) is 4.03. The van der Waals surface area contributed by atoms with Crippen molar-refractivity contribution >= 4 is 11.2 Å². The number of aromatic nitrogens is 4. The summed E-state index contributed by atoms with van der Waals surface area (Å²) >= 11 is 0. The third kappa shape index (κ3) is 3.05. The average molecular weight is 317 g/mol. The van der Waals surface area contributed by atoms with Crippen molar-refractivity contribution in [1.82, 2.24) is 23.6 Å². The minimum atomic E-state index is -0.374. The van der Waals surface area contributed by atoms with Crippen LogP contribution in [0.5, 0.6) is 0 Å². The lowest BCUT2D eigenvalue weighted by atomic mass is 10.2. The maximum Gasteiger partial charge on any atom is 0.332 e. The monoisotopic (exact) mass is 317 g/mol. The van der Waals surface area contributed by atoms with E-state index in [9.17, 15) is 9.59 Å². The van der Waals surface area contributed by atoms with Crippen molar-refractivity contribution in [2.75, 3.05) is 13.1 Å². The van der Waals surface area contributed by atoms with Gasteiger partial charge >= 0.3 is 5.69 Å². The fraction of sp³-hybridized carbons (Fsp3) is 0.438. The molecule has 2 aromatic rings. The molecule has 0 aromatic carbocycles. The summed E-state index contributed by atoms with van der Waals surface area (Å²) in [6.45, 7) is 11.7. The van der Waals surface area contributed by atoms with Crippen LogP contribution in [0.1, 0.15) is 6.92 Å². The highest BCUT2D eigenvalue weighted by Gasteiger charge is 2.17. The van der Waals surface area contributed by atoms with E-state index < -0.39 is 0 Å². The molecule has 23 heavy (non-hydrogen) atoms. The number of hydrogen-bond acceptors (Lipinski definition) is 4. The fourth-order valence-corrected chi connectivity index (χ4v) is 2.70. The van der Waals surface area contributed by atoms with E-state index in [1.54, 1.807) is 17.9 Å². The van der Waals surface area contributed by atoms with E-state index in [0.717, 1.165) is 17.7 Å². The van der Waals surface area contributed by atoms with E-state index in [-0.39, 0.29) is 17.3 Å². The highest BCUT2D eigenvalue weighted by Crippen LogP contribution is 2.09. The van der Waals surface area contributed by atoms with Crippen LogP contribution < -0.4 is 11.2 Å². The molecule has 0 saturated carbocycles. The van der Waals surface area contributed by atoms with Crippen LogP contribution in [0.2, 0.25) is 0 Å². The van der Waals surface area contributed by atoms with Crippen molar-refractivity contribution in [3.8, 4) is 0 Å². The molecule has 1 unspecified atom stereocenters. The highest BCUT2D eigenvalue weighted by molar-refractivity contribution is 5.69. The number of aryl methyl sites for hydroxylation is 1. The first kappa shape index (κ1) is 17.0. The van der Waals surface area contributed by atoms with Crippen LogP contribution in [0.4, 0.5) is 0 Å². The van der Waals surface area contributed by atoms with Crippen molar-refractivity contribution in [1.29, 1.82) is 0 Å². The van der Waals surface area contributed by atoms with Gasteiger partial charge in [0.25, 0.3) is 5.56 Å². The van der Waals surface area contributed by atoms with Gasteiger partial charge in [-0.25, -0.2) is 9.78 Å². The number of hydrogen-bond donors (Lipinski definition) is 0. The largest absolute Gasteiger partial charge is 0.332 e. The van der Waals surface area contributed by atoms with Crippen LogP contribution in [0.15, 0.2) is 41.2 Å². The van der Waals surface area contributed by atoms with E-state index in [0.29, 0.717) is 17.7 Å². The zero-order chi connectivity index (χ0) is 17.1. The zero-order valence-electron chi connectivity index (χ0n) is 13.9. The molecule has 0 spiro atoms. The lowest BCUT2D eigenvalue weighted by Gasteiger charge is -2.27. The van der Waals surface area contributed by atoms with Crippen molar-refractivity contribution in [2.24, 2.45) is 14.1 Å². The van der Waals surface area contributed by atoms with Crippen molar-refractivity contribution in [3.63, 3.8) is 0 Å². The van der Waals surface area contributed by atoms with Gasteiger partial charge in [0.2, 0.25) is 0 Å². The summed E-state index contributed by atoms with van der Waals surface area (Å²) in [6, 6.07) is 0.158. The molecule has 1 atom stereocenters. The zero-order valence-corrected chi connectivity index (χ0v) is 13.9. The van der Waals surface area contributed by atoms with Gasteiger partial charge in [-0.1, -0.05) is 12.2 Å². The van der Waals surface area contributed by atoms with E-state index >= 15 is 0 Å². The third-order valence-corrected chi connectivity index (χ3v) is 4.03. The molecule has 2 rings (SSSR count). The van der Waals surface area contributed by atoms with Gasteiger partial charge in [0, 0.05) is 39.8 Å². The Balaban J connectivity index is 2.45. The van der Waals surface area contributed by atoms with E-state index in [1.807, 2.05) is 12.2 Å². The summed E-state index contributed by atoms with van der Waals surface area (Å²) in [6.07, 6.45) is 5.30. The number of nitrogens with zero attached hydrogens (tertiary/aromatic N) is 5. The normalized spacial score (nSPS) is 12.7. The topological polar surface area (TPSA) is 65.1 Å². The second kappa shape index (κ2) is 6.78. The molecule has 7 nitrogen and oxygen atoms in total. The number of imidazole rings is 1. The van der Waals surface area contributed by atoms with E-state index in [1.165, 1.54) is 11.6 Å². The molecule has 0 N–H and O–H groups in total. The van der Waals surface area contributed by atoms with Gasteiger partial charge < -0.3 is 4.57 Å². The second-order valence-electron chi connectivity index (χ2n) is 5.66. The van der Waals surface area contributed by atoms with Crippen molar-refractivity contribution in [2.45, 2.75) is 19.5 Å². The molecule has 0 fully saturated rings. The van der Waals surface area contributed by atoms with E-state index in [4.69, 9.17) is 0 Å². The first-order valence-electron chi connectivity index (χ1n) is 7.49. The maximum absolute atomic E-state index is 12.4. The Morgan fingerprint density at radius 3 is 2.39 bits per heavy atom. The first-order valence-corrected chi connectivity index (χ1v) is 7.49. The Morgan fingerprint density at radius 2 is 1.83 bits per heavy atom. The molecule has 0 radical (unpaired) electrons. The Kier molecular flexibility index (Phi) is 5.00. The molecule has 124 valence electrons. The van der Waals surface area contributed by atoms with E-state index in [2.05, 4.69) is 30.0 Å². The molecular weight excluding hydrogens is 294 g/mol. The Labute approximate surface area is 134 Å². The fourth-order valence-electron chi connectivity index (χ4n) is 2.70. The van der Waals surface area contributed by atoms with Crippen LogP contribution in [0, 0.1) is 0 Å². The summed E-state index contributed by atoms with van der Waals surface area (Å²) < 4.78 is 4.31. The predicted octanol–water partition coefficient (Wildman–Crippen LogP) is 0.496. The van der Waals surface area contributed by atoms with Gasteiger partial charge in [0.1, 0.15) is 0 Å². The van der Waals surface area contributed by atoms with Gasteiger partial charge in [-0.05, 0) is 6.92 Å². The summed E-state index contributed by atoms with van der Waals surface area (Å²) in [5, 5.41) is 0. The second-order valence-corrected chi connectivity index (χ2v) is 5.66. The molecule has 7 heteroatoms. The summed E-state index contributed by atoms with van der Waals surface area (Å²) in [4.78, 5) is 30.8. The maximum atomic E-state index is 12.4. The molecule has 0 aliphatic rings. The molecule has 0 bridgehead atoms.